The number of carbonyl (C=O) groups excluding carboxylic acids is 2. The summed E-state index contributed by atoms with van der Waals surface area (Å²) in [6.45, 7) is 1.31. The average molecular weight is 208 g/mol. The van der Waals surface area contributed by atoms with Crippen molar-refractivity contribution in [1.82, 2.24) is 0 Å². The van der Waals surface area contributed by atoms with Crippen molar-refractivity contribution in [2.75, 3.05) is 0 Å². The van der Waals surface area contributed by atoms with Gasteiger partial charge in [-0.15, -0.1) is 0 Å². The molecule has 0 aliphatic carbocycles. The van der Waals surface area contributed by atoms with Gasteiger partial charge >= 0.3 is 0 Å². The molecule has 4 nitrogen and oxygen atoms in total. The lowest BCUT2D eigenvalue weighted by Crippen LogP contribution is -2.22. The number of aromatic hydroxyl groups is 1. The van der Waals surface area contributed by atoms with Crippen molar-refractivity contribution in [2.45, 2.75) is 19.4 Å². The fraction of sp³-hybridized carbons (Fsp3) is 0.273. The second-order valence-electron chi connectivity index (χ2n) is 3.33. The summed E-state index contributed by atoms with van der Waals surface area (Å²) in [6, 6.07) is 5.52. The number of phenols is 1. The minimum atomic E-state index is -1.30. The summed E-state index contributed by atoms with van der Waals surface area (Å²) in [7, 11) is 0. The van der Waals surface area contributed by atoms with E-state index in [0.29, 0.717) is 0 Å². The van der Waals surface area contributed by atoms with Crippen molar-refractivity contribution in [3.8, 4) is 5.75 Å². The standard InChI is InChI=1S/C11H12O4/c1-7(12)6-10(14)11(15)8-2-4-9(13)5-3-8/h2-5,10,13-14H,6H2,1H3. The fourth-order valence-corrected chi connectivity index (χ4v) is 1.18. The number of hydrogen-bond donors (Lipinski definition) is 2. The lowest BCUT2D eigenvalue weighted by molar-refractivity contribution is -0.118. The first kappa shape index (κ1) is 11.4. The Bertz CT molecular complexity index is 367. The first-order chi connectivity index (χ1) is 7.00. The highest BCUT2D eigenvalue weighted by Crippen LogP contribution is 2.12. The zero-order valence-electron chi connectivity index (χ0n) is 8.30. The number of Topliss-reactive ketones (excluding diaryl/α,β-unsaturated/α-hetero) is 2. The van der Waals surface area contributed by atoms with Crippen molar-refractivity contribution in [3.05, 3.63) is 29.8 Å². The molecule has 80 valence electrons. The number of aliphatic hydroxyl groups excluding tert-OH is 1. The topological polar surface area (TPSA) is 74.6 Å². The number of carbonyl (C=O) groups is 2. The molecule has 1 atom stereocenters. The minimum Gasteiger partial charge on any atom is -0.508 e. The predicted octanol–water partition coefficient (Wildman–Crippen LogP) is 0.915. The first-order valence-corrected chi connectivity index (χ1v) is 4.51. The summed E-state index contributed by atoms with van der Waals surface area (Å²) in [6.07, 6.45) is -1.48. The average Bonchev–Trinajstić information content (AvgIpc) is 2.17. The number of phenolic OH excluding ortho intramolecular Hbond substituents is 1. The lowest BCUT2D eigenvalue weighted by Gasteiger charge is -2.07. The van der Waals surface area contributed by atoms with Gasteiger partial charge in [0.15, 0.2) is 5.78 Å². The molecule has 15 heavy (non-hydrogen) atoms. The van der Waals surface area contributed by atoms with Gasteiger partial charge in [0, 0.05) is 12.0 Å². The second kappa shape index (κ2) is 4.70. The summed E-state index contributed by atoms with van der Waals surface area (Å²) in [5.41, 5.74) is 0.279. The highest BCUT2D eigenvalue weighted by molar-refractivity contribution is 6.01. The molecule has 4 heteroatoms. The Hall–Kier alpha value is -1.68. The van der Waals surface area contributed by atoms with E-state index in [1.54, 1.807) is 0 Å². The Kier molecular flexibility index (Phi) is 3.57. The van der Waals surface area contributed by atoms with Gasteiger partial charge in [-0.1, -0.05) is 0 Å². The SMILES string of the molecule is CC(=O)CC(O)C(=O)c1ccc(O)cc1. The van der Waals surface area contributed by atoms with Crippen LogP contribution in [0.4, 0.5) is 0 Å². The second-order valence-corrected chi connectivity index (χ2v) is 3.33. The molecule has 0 saturated carbocycles. The molecule has 1 rings (SSSR count). The number of hydrogen-bond acceptors (Lipinski definition) is 4. The van der Waals surface area contributed by atoms with Crippen LogP contribution in [-0.2, 0) is 4.79 Å². The molecule has 1 aromatic carbocycles. The van der Waals surface area contributed by atoms with Crippen molar-refractivity contribution in [3.63, 3.8) is 0 Å². The Morgan fingerprint density at radius 2 is 1.80 bits per heavy atom. The van der Waals surface area contributed by atoms with Crippen LogP contribution in [-0.4, -0.2) is 27.9 Å². The molecule has 0 bridgehead atoms. The molecule has 0 aromatic heterocycles. The van der Waals surface area contributed by atoms with Crippen LogP contribution >= 0.6 is 0 Å². The third-order valence-electron chi connectivity index (χ3n) is 1.94. The van der Waals surface area contributed by atoms with E-state index in [9.17, 15) is 14.7 Å². The van der Waals surface area contributed by atoms with Gasteiger partial charge in [0.25, 0.3) is 0 Å². The Morgan fingerprint density at radius 3 is 2.27 bits per heavy atom. The molecule has 0 radical (unpaired) electrons. The summed E-state index contributed by atoms with van der Waals surface area (Å²) in [5.74, 6) is -0.701. The minimum absolute atomic E-state index is 0.0487. The van der Waals surface area contributed by atoms with E-state index in [1.165, 1.54) is 31.2 Å². The molecule has 1 unspecified atom stereocenters. The van der Waals surface area contributed by atoms with Crippen molar-refractivity contribution in [2.24, 2.45) is 0 Å². The van der Waals surface area contributed by atoms with Gasteiger partial charge in [-0.2, -0.15) is 0 Å². The van der Waals surface area contributed by atoms with E-state index in [0.717, 1.165) is 0 Å². The molecule has 1 aromatic rings. The zero-order chi connectivity index (χ0) is 11.4. The molecule has 0 heterocycles. The van der Waals surface area contributed by atoms with Crippen LogP contribution in [0, 0.1) is 0 Å². The highest BCUT2D eigenvalue weighted by Gasteiger charge is 2.18. The van der Waals surface area contributed by atoms with Crippen LogP contribution < -0.4 is 0 Å². The zero-order valence-corrected chi connectivity index (χ0v) is 8.30. The molecular weight excluding hydrogens is 196 g/mol. The van der Waals surface area contributed by atoms with E-state index in [4.69, 9.17) is 5.11 Å². The van der Waals surface area contributed by atoms with Gasteiger partial charge in [-0.3, -0.25) is 9.59 Å². The van der Waals surface area contributed by atoms with Gasteiger partial charge in [-0.25, -0.2) is 0 Å². The molecule has 0 aliphatic heterocycles. The molecule has 0 spiro atoms. The molecule has 0 aliphatic rings. The van der Waals surface area contributed by atoms with Crippen LogP contribution in [0.3, 0.4) is 0 Å². The Morgan fingerprint density at radius 1 is 1.27 bits per heavy atom. The van der Waals surface area contributed by atoms with Crippen LogP contribution in [0.1, 0.15) is 23.7 Å². The summed E-state index contributed by atoms with van der Waals surface area (Å²) < 4.78 is 0. The van der Waals surface area contributed by atoms with E-state index < -0.39 is 11.9 Å². The van der Waals surface area contributed by atoms with Crippen molar-refractivity contribution >= 4 is 11.6 Å². The van der Waals surface area contributed by atoms with Crippen LogP contribution in [0.2, 0.25) is 0 Å². The molecule has 2 N–H and O–H groups in total. The van der Waals surface area contributed by atoms with Gasteiger partial charge in [0.2, 0.25) is 0 Å². The van der Waals surface area contributed by atoms with Gasteiger partial charge < -0.3 is 10.2 Å². The van der Waals surface area contributed by atoms with E-state index in [1.807, 2.05) is 0 Å². The number of rotatable bonds is 4. The first-order valence-electron chi connectivity index (χ1n) is 4.51. The van der Waals surface area contributed by atoms with Crippen LogP contribution in [0.15, 0.2) is 24.3 Å². The fourth-order valence-electron chi connectivity index (χ4n) is 1.18. The lowest BCUT2D eigenvalue weighted by atomic mass is 10.0. The van der Waals surface area contributed by atoms with Gasteiger partial charge in [0.05, 0.1) is 0 Å². The third kappa shape index (κ3) is 3.18. The molecule has 0 fully saturated rings. The maximum Gasteiger partial charge on any atom is 0.191 e. The summed E-state index contributed by atoms with van der Waals surface area (Å²) in [5, 5.41) is 18.4. The Balaban J connectivity index is 2.76. The van der Waals surface area contributed by atoms with Crippen molar-refractivity contribution < 1.29 is 19.8 Å². The number of aliphatic hydroxyl groups is 1. The quantitative estimate of drug-likeness (QED) is 0.721. The number of benzene rings is 1. The summed E-state index contributed by atoms with van der Waals surface area (Å²) in [4.78, 5) is 22.2. The van der Waals surface area contributed by atoms with E-state index in [-0.39, 0.29) is 23.5 Å². The maximum absolute atomic E-state index is 11.5. The Labute approximate surface area is 87.2 Å². The van der Waals surface area contributed by atoms with Gasteiger partial charge in [-0.05, 0) is 31.2 Å². The molecule has 0 saturated heterocycles. The third-order valence-corrected chi connectivity index (χ3v) is 1.94. The maximum atomic E-state index is 11.5. The predicted molar refractivity (Wildman–Crippen MR) is 53.7 cm³/mol. The normalized spacial score (nSPS) is 12.1. The van der Waals surface area contributed by atoms with Gasteiger partial charge in [0.1, 0.15) is 17.6 Å². The molecular formula is C11H12O4. The van der Waals surface area contributed by atoms with Crippen LogP contribution in [0.25, 0.3) is 0 Å². The largest absolute Gasteiger partial charge is 0.508 e. The highest BCUT2D eigenvalue weighted by atomic mass is 16.3. The van der Waals surface area contributed by atoms with Crippen molar-refractivity contribution in [1.29, 1.82) is 0 Å². The van der Waals surface area contributed by atoms with E-state index in [2.05, 4.69) is 0 Å². The van der Waals surface area contributed by atoms with E-state index >= 15 is 0 Å². The monoisotopic (exact) mass is 208 g/mol. The smallest absolute Gasteiger partial charge is 0.191 e. The number of ketones is 2. The molecule has 0 amide bonds. The summed E-state index contributed by atoms with van der Waals surface area (Å²) >= 11 is 0. The van der Waals surface area contributed by atoms with Crippen LogP contribution in [0.5, 0.6) is 5.75 Å².